The van der Waals surface area contributed by atoms with Gasteiger partial charge in [0, 0.05) is 24.9 Å². The molecule has 0 spiro atoms. The van der Waals surface area contributed by atoms with Crippen molar-refractivity contribution in [1.29, 1.82) is 0 Å². The molecule has 7 nitrogen and oxygen atoms in total. The van der Waals surface area contributed by atoms with Gasteiger partial charge in [-0.25, -0.2) is 0 Å². The summed E-state index contributed by atoms with van der Waals surface area (Å²) in [6, 6.07) is 23.0. The average molecular weight is 512 g/mol. The molecule has 1 saturated heterocycles. The van der Waals surface area contributed by atoms with Gasteiger partial charge in [0.15, 0.2) is 6.61 Å². The van der Waals surface area contributed by atoms with Gasteiger partial charge in [-0.1, -0.05) is 48.9 Å². The normalized spacial score (nSPS) is 15.7. The molecular formula is C31H33N3O4. The Hall–Kier alpha value is -4.10. The molecule has 2 aliphatic rings. The Bertz CT molecular complexity index is 1270. The number of hydrogen-bond donors (Lipinski definition) is 1. The fourth-order valence-corrected chi connectivity index (χ4v) is 4.72. The van der Waals surface area contributed by atoms with Gasteiger partial charge in [-0.2, -0.15) is 0 Å². The second-order valence-corrected chi connectivity index (χ2v) is 9.58. The number of amides is 2. The maximum Gasteiger partial charge on any atom is 0.265 e. The van der Waals surface area contributed by atoms with Crippen LogP contribution in [0.1, 0.15) is 30.4 Å². The van der Waals surface area contributed by atoms with Crippen molar-refractivity contribution < 1.29 is 19.1 Å². The first kappa shape index (κ1) is 25.5. The van der Waals surface area contributed by atoms with Crippen LogP contribution in [0.5, 0.6) is 11.5 Å². The molecule has 2 heterocycles. The van der Waals surface area contributed by atoms with Gasteiger partial charge in [0.1, 0.15) is 18.1 Å². The average Bonchev–Trinajstić information content (AvgIpc) is 2.96. The Morgan fingerprint density at radius 2 is 1.74 bits per heavy atom. The number of piperidine rings is 1. The molecule has 3 aromatic carbocycles. The van der Waals surface area contributed by atoms with E-state index in [0.717, 1.165) is 36.5 Å². The van der Waals surface area contributed by atoms with E-state index in [1.165, 1.54) is 25.3 Å². The lowest BCUT2D eigenvalue weighted by atomic mass is 10.1. The molecule has 5 rings (SSSR count). The molecule has 196 valence electrons. The number of likely N-dealkylation sites (tertiary alicyclic amines) is 1. The summed E-state index contributed by atoms with van der Waals surface area (Å²) in [6.45, 7) is 4.15. The summed E-state index contributed by atoms with van der Waals surface area (Å²) < 4.78 is 11.5. The van der Waals surface area contributed by atoms with E-state index in [2.05, 4.69) is 10.2 Å². The zero-order valence-electron chi connectivity index (χ0n) is 21.5. The van der Waals surface area contributed by atoms with Gasteiger partial charge in [0.05, 0.1) is 5.69 Å². The highest BCUT2D eigenvalue weighted by atomic mass is 16.5. The van der Waals surface area contributed by atoms with Crippen LogP contribution in [0.15, 0.2) is 78.9 Å². The molecule has 1 fully saturated rings. The minimum Gasteiger partial charge on any atom is -0.489 e. The number of anilines is 2. The first-order chi connectivity index (χ1) is 18.6. The standard InChI is InChI=1S/C31H33N3O4/c35-30(16-11-24-9-13-27(14-10-24)37-22-25-7-3-1-4-8-25)32-26-12-15-29-28(21-26)34(31(36)23-38-29)20-19-33-17-5-2-6-18-33/h1,3-4,7-16,21H,2,5-6,17-20,22-23H2,(H,32,35)/b16-11+. The quantitative estimate of drug-likeness (QED) is 0.404. The maximum atomic E-state index is 12.6. The number of nitrogens with one attached hydrogen (secondary N) is 1. The zero-order chi connectivity index (χ0) is 26.2. The van der Waals surface area contributed by atoms with Crippen LogP contribution in [0.25, 0.3) is 6.08 Å². The van der Waals surface area contributed by atoms with Crippen LogP contribution in [0.2, 0.25) is 0 Å². The molecule has 0 bridgehead atoms. The number of ether oxygens (including phenoxy) is 2. The van der Waals surface area contributed by atoms with Crippen molar-refractivity contribution in [2.24, 2.45) is 0 Å². The molecule has 2 amide bonds. The zero-order valence-corrected chi connectivity index (χ0v) is 21.5. The van der Waals surface area contributed by atoms with E-state index >= 15 is 0 Å². The Kier molecular flexibility index (Phi) is 8.36. The van der Waals surface area contributed by atoms with Crippen LogP contribution in [0, 0.1) is 0 Å². The molecule has 1 N–H and O–H groups in total. The van der Waals surface area contributed by atoms with Gasteiger partial charge in [-0.05, 0) is 73.5 Å². The van der Waals surface area contributed by atoms with Gasteiger partial charge in [-0.15, -0.1) is 0 Å². The summed E-state index contributed by atoms with van der Waals surface area (Å²) in [5.74, 6) is 1.11. The SMILES string of the molecule is O=C(/C=C/c1ccc(OCc2ccccc2)cc1)Nc1ccc2c(c1)N(CCN1CCCCC1)C(=O)CO2. The van der Waals surface area contributed by atoms with Crippen LogP contribution in [0.4, 0.5) is 11.4 Å². The summed E-state index contributed by atoms with van der Waals surface area (Å²) in [5.41, 5.74) is 3.31. The second-order valence-electron chi connectivity index (χ2n) is 9.58. The highest BCUT2D eigenvalue weighted by Crippen LogP contribution is 2.34. The third-order valence-electron chi connectivity index (χ3n) is 6.81. The fraction of sp³-hybridized carbons (Fsp3) is 0.290. The largest absolute Gasteiger partial charge is 0.489 e. The third kappa shape index (κ3) is 6.81. The van der Waals surface area contributed by atoms with Crippen molar-refractivity contribution in [3.05, 3.63) is 90.0 Å². The Morgan fingerprint density at radius 1 is 0.947 bits per heavy atom. The number of carbonyl (C=O) groups excluding carboxylic acids is 2. The number of hydrogen-bond acceptors (Lipinski definition) is 5. The first-order valence-electron chi connectivity index (χ1n) is 13.2. The highest BCUT2D eigenvalue weighted by Gasteiger charge is 2.26. The van der Waals surface area contributed by atoms with Gasteiger partial charge in [0.25, 0.3) is 5.91 Å². The minimum atomic E-state index is -0.253. The minimum absolute atomic E-state index is 0.0392. The number of benzene rings is 3. The van der Waals surface area contributed by atoms with E-state index in [-0.39, 0.29) is 18.4 Å². The van der Waals surface area contributed by atoms with Crippen molar-refractivity contribution in [3.8, 4) is 11.5 Å². The second kappa shape index (κ2) is 12.4. The monoisotopic (exact) mass is 511 g/mol. The van der Waals surface area contributed by atoms with Crippen LogP contribution < -0.4 is 19.7 Å². The van der Waals surface area contributed by atoms with Crippen molar-refractivity contribution in [2.75, 3.05) is 43.0 Å². The Labute approximate surface area is 223 Å². The van der Waals surface area contributed by atoms with Gasteiger partial charge in [-0.3, -0.25) is 9.59 Å². The molecule has 0 saturated carbocycles. The third-order valence-corrected chi connectivity index (χ3v) is 6.81. The number of carbonyl (C=O) groups is 2. The molecule has 7 heteroatoms. The van der Waals surface area contributed by atoms with Gasteiger partial charge < -0.3 is 24.6 Å². The van der Waals surface area contributed by atoms with Crippen LogP contribution in [-0.2, 0) is 16.2 Å². The molecule has 0 unspecified atom stereocenters. The lowest BCUT2D eigenvalue weighted by Crippen LogP contribution is -2.44. The Morgan fingerprint density at radius 3 is 2.53 bits per heavy atom. The molecular weight excluding hydrogens is 478 g/mol. The van der Waals surface area contributed by atoms with E-state index in [0.29, 0.717) is 30.3 Å². The molecule has 0 atom stereocenters. The predicted octanol–water partition coefficient (Wildman–Crippen LogP) is 5.13. The lowest BCUT2D eigenvalue weighted by molar-refractivity contribution is -0.121. The van der Waals surface area contributed by atoms with Crippen LogP contribution in [-0.4, -0.2) is 49.5 Å². The van der Waals surface area contributed by atoms with Crippen molar-refractivity contribution in [3.63, 3.8) is 0 Å². The topological polar surface area (TPSA) is 71.1 Å². The fourth-order valence-electron chi connectivity index (χ4n) is 4.72. The summed E-state index contributed by atoms with van der Waals surface area (Å²) in [6.07, 6.45) is 6.95. The molecule has 38 heavy (non-hydrogen) atoms. The Balaban J connectivity index is 1.17. The summed E-state index contributed by atoms with van der Waals surface area (Å²) in [5, 5.41) is 2.90. The van der Waals surface area contributed by atoms with Crippen molar-refractivity contribution in [1.82, 2.24) is 4.90 Å². The smallest absolute Gasteiger partial charge is 0.265 e. The molecule has 0 aliphatic carbocycles. The van der Waals surface area contributed by atoms with Gasteiger partial charge >= 0.3 is 0 Å². The highest BCUT2D eigenvalue weighted by molar-refractivity contribution is 6.03. The van der Waals surface area contributed by atoms with Crippen LogP contribution in [0.3, 0.4) is 0 Å². The molecule has 0 aromatic heterocycles. The van der Waals surface area contributed by atoms with Gasteiger partial charge in [0.2, 0.25) is 5.91 Å². The maximum absolute atomic E-state index is 12.6. The van der Waals surface area contributed by atoms with E-state index in [4.69, 9.17) is 9.47 Å². The first-order valence-corrected chi connectivity index (χ1v) is 13.2. The van der Waals surface area contributed by atoms with E-state index in [9.17, 15) is 9.59 Å². The summed E-state index contributed by atoms with van der Waals surface area (Å²) in [7, 11) is 0. The van der Waals surface area contributed by atoms with Crippen molar-refractivity contribution in [2.45, 2.75) is 25.9 Å². The number of rotatable bonds is 9. The van der Waals surface area contributed by atoms with E-state index in [1.807, 2.05) is 66.7 Å². The molecule has 2 aliphatic heterocycles. The summed E-state index contributed by atoms with van der Waals surface area (Å²) >= 11 is 0. The van der Waals surface area contributed by atoms with E-state index in [1.54, 1.807) is 17.0 Å². The van der Waals surface area contributed by atoms with Crippen molar-refractivity contribution >= 4 is 29.3 Å². The van der Waals surface area contributed by atoms with Crippen LogP contribution >= 0.6 is 0 Å². The molecule has 3 aromatic rings. The van der Waals surface area contributed by atoms with E-state index < -0.39 is 0 Å². The molecule has 0 radical (unpaired) electrons. The number of nitrogens with zero attached hydrogens (tertiary/aromatic N) is 2. The summed E-state index contributed by atoms with van der Waals surface area (Å²) in [4.78, 5) is 29.4. The lowest BCUT2D eigenvalue weighted by Gasteiger charge is -2.33. The number of fused-ring (bicyclic) bond motifs is 1. The predicted molar refractivity (Wildman–Crippen MR) is 149 cm³/mol.